The van der Waals surface area contributed by atoms with Gasteiger partial charge in [-0.3, -0.25) is 0 Å². The second-order valence-electron chi connectivity index (χ2n) is 4.66. The maximum absolute atomic E-state index is 5.11. The van der Waals surface area contributed by atoms with Crippen LogP contribution < -0.4 is 5.32 Å². The molecule has 1 saturated heterocycles. The van der Waals surface area contributed by atoms with Gasteiger partial charge in [-0.25, -0.2) is 0 Å². The van der Waals surface area contributed by atoms with Crippen molar-refractivity contribution in [2.75, 3.05) is 26.2 Å². The van der Waals surface area contributed by atoms with E-state index in [0.29, 0.717) is 6.04 Å². The first-order valence-corrected chi connectivity index (χ1v) is 6.53. The predicted molar refractivity (Wildman–Crippen MR) is 65.9 cm³/mol. The zero-order valence-electron chi connectivity index (χ0n) is 10.8. The maximum atomic E-state index is 5.11. The monoisotopic (exact) mass is 238 g/mol. The lowest BCUT2D eigenvalue weighted by atomic mass is 10.1. The summed E-state index contributed by atoms with van der Waals surface area (Å²) in [6.45, 7) is 8.47. The quantitative estimate of drug-likeness (QED) is 0.829. The minimum absolute atomic E-state index is 0.710. The molecule has 17 heavy (non-hydrogen) atoms. The van der Waals surface area contributed by atoms with Crippen LogP contribution in [0.15, 0.2) is 4.52 Å². The van der Waals surface area contributed by atoms with Gasteiger partial charge in [-0.2, -0.15) is 4.98 Å². The summed E-state index contributed by atoms with van der Waals surface area (Å²) in [7, 11) is 0. The fourth-order valence-electron chi connectivity index (χ4n) is 2.34. The van der Waals surface area contributed by atoms with Crippen LogP contribution in [0.1, 0.15) is 31.5 Å². The minimum Gasteiger partial charge on any atom is -0.339 e. The number of aromatic nitrogens is 2. The largest absolute Gasteiger partial charge is 0.339 e. The van der Waals surface area contributed by atoms with Gasteiger partial charge in [0.1, 0.15) is 0 Å². The average Bonchev–Trinajstić information content (AvgIpc) is 2.75. The molecule has 5 nitrogen and oxygen atoms in total. The molecule has 2 heterocycles. The highest BCUT2D eigenvalue weighted by atomic mass is 16.5. The maximum Gasteiger partial charge on any atom is 0.227 e. The van der Waals surface area contributed by atoms with E-state index in [1.807, 2.05) is 6.92 Å². The molecule has 5 heteroatoms. The fourth-order valence-corrected chi connectivity index (χ4v) is 2.34. The normalized spacial score (nSPS) is 18.7. The van der Waals surface area contributed by atoms with Crippen molar-refractivity contribution in [1.82, 2.24) is 20.4 Å². The smallest absolute Gasteiger partial charge is 0.227 e. The molecule has 1 N–H and O–H groups in total. The van der Waals surface area contributed by atoms with Crippen molar-refractivity contribution in [3.63, 3.8) is 0 Å². The van der Waals surface area contributed by atoms with Crippen LogP contribution in [0.2, 0.25) is 0 Å². The Morgan fingerprint density at radius 3 is 2.76 bits per heavy atom. The van der Waals surface area contributed by atoms with Crippen molar-refractivity contribution in [2.45, 2.75) is 39.2 Å². The van der Waals surface area contributed by atoms with E-state index >= 15 is 0 Å². The summed E-state index contributed by atoms with van der Waals surface area (Å²) in [6.07, 6.45) is 3.36. The molecule has 0 aromatic carbocycles. The molecule has 1 fully saturated rings. The van der Waals surface area contributed by atoms with E-state index in [1.54, 1.807) is 0 Å². The summed E-state index contributed by atoms with van der Waals surface area (Å²) in [5.74, 6) is 1.49. The highest BCUT2D eigenvalue weighted by Gasteiger charge is 2.18. The van der Waals surface area contributed by atoms with Crippen LogP contribution in [0.3, 0.4) is 0 Å². The molecule has 0 saturated carbocycles. The molecule has 1 aromatic heterocycles. The van der Waals surface area contributed by atoms with Gasteiger partial charge in [-0.15, -0.1) is 0 Å². The van der Waals surface area contributed by atoms with Crippen molar-refractivity contribution in [2.24, 2.45) is 0 Å². The molecule has 96 valence electrons. The molecule has 0 amide bonds. The van der Waals surface area contributed by atoms with Crippen molar-refractivity contribution < 1.29 is 4.52 Å². The van der Waals surface area contributed by atoms with E-state index in [4.69, 9.17) is 4.52 Å². The topological polar surface area (TPSA) is 54.2 Å². The van der Waals surface area contributed by atoms with Crippen LogP contribution in [0.4, 0.5) is 0 Å². The second kappa shape index (κ2) is 6.12. The Morgan fingerprint density at radius 2 is 2.18 bits per heavy atom. The highest BCUT2D eigenvalue weighted by Crippen LogP contribution is 2.10. The van der Waals surface area contributed by atoms with Gasteiger partial charge in [0, 0.05) is 19.0 Å². The van der Waals surface area contributed by atoms with E-state index in [9.17, 15) is 0 Å². The van der Waals surface area contributed by atoms with Gasteiger partial charge in [0.2, 0.25) is 5.89 Å². The van der Waals surface area contributed by atoms with Gasteiger partial charge in [0.15, 0.2) is 5.82 Å². The third kappa shape index (κ3) is 3.78. The van der Waals surface area contributed by atoms with Crippen LogP contribution in [-0.4, -0.2) is 47.3 Å². The molecule has 0 aliphatic carbocycles. The van der Waals surface area contributed by atoms with Gasteiger partial charge in [0.25, 0.3) is 0 Å². The van der Waals surface area contributed by atoms with E-state index in [-0.39, 0.29) is 0 Å². The number of hydrogen-bond donors (Lipinski definition) is 1. The summed E-state index contributed by atoms with van der Waals surface area (Å²) in [4.78, 5) is 6.70. The Hall–Kier alpha value is -0.940. The molecule has 1 aliphatic heterocycles. The molecule has 2 rings (SSSR count). The molecule has 0 bridgehead atoms. The van der Waals surface area contributed by atoms with Crippen molar-refractivity contribution >= 4 is 0 Å². The van der Waals surface area contributed by atoms with Crippen LogP contribution in [0.25, 0.3) is 0 Å². The summed E-state index contributed by atoms with van der Waals surface area (Å²) >= 11 is 0. The standard InChI is InChI=1S/C12H22N4O/c1-3-13-11-4-7-16(8-5-11)9-6-12-14-10(2)15-17-12/h11,13H,3-9H2,1-2H3. The molecule has 0 radical (unpaired) electrons. The first kappa shape index (κ1) is 12.5. The number of piperidine rings is 1. The van der Waals surface area contributed by atoms with Gasteiger partial charge in [0.05, 0.1) is 0 Å². The number of nitrogens with zero attached hydrogens (tertiary/aromatic N) is 3. The number of nitrogens with one attached hydrogen (secondary N) is 1. The summed E-state index contributed by atoms with van der Waals surface area (Å²) in [5.41, 5.74) is 0. The summed E-state index contributed by atoms with van der Waals surface area (Å²) in [6, 6.07) is 0.710. The number of likely N-dealkylation sites (tertiary alicyclic amines) is 1. The average molecular weight is 238 g/mol. The highest BCUT2D eigenvalue weighted by molar-refractivity contribution is 4.85. The van der Waals surface area contributed by atoms with Crippen molar-refractivity contribution in [3.8, 4) is 0 Å². The van der Waals surface area contributed by atoms with Gasteiger partial charge >= 0.3 is 0 Å². The van der Waals surface area contributed by atoms with Gasteiger partial charge in [-0.05, 0) is 39.4 Å². The Bertz CT molecular complexity index is 331. The van der Waals surface area contributed by atoms with E-state index in [1.165, 1.54) is 25.9 Å². The second-order valence-corrected chi connectivity index (χ2v) is 4.66. The van der Waals surface area contributed by atoms with Crippen molar-refractivity contribution in [3.05, 3.63) is 11.7 Å². The molecular formula is C12H22N4O. The SMILES string of the molecule is CCNC1CCN(CCc2nc(C)no2)CC1. The lowest BCUT2D eigenvalue weighted by Crippen LogP contribution is -2.43. The van der Waals surface area contributed by atoms with Gasteiger partial charge < -0.3 is 14.7 Å². The third-order valence-corrected chi connectivity index (χ3v) is 3.29. The molecule has 0 unspecified atom stereocenters. The third-order valence-electron chi connectivity index (χ3n) is 3.29. The van der Waals surface area contributed by atoms with Crippen LogP contribution in [0.5, 0.6) is 0 Å². The van der Waals surface area contributed by atoms with Crippen LogP contribution in [-0.2, 0) is 6.42 Å². The lowest BCUT2D eigenvalue weighted by Gasteiger charge is -2.31. The molecule has 1 aromatic rings. The first-order chi connectivity index (χ1) is 8.28. The number of hydrogen-bond acceptors (Lipinski definition) is 5. The van der Waals surface area contributed by atoms with E-state index in [2.05, 4.69) is 27.3 Å². The van der Waals surface area contributed by atoms with E-state index in [0.717, 1.165) is 31.2 Å². The summed E-state index contributed by atoms with van der Waals surface area (Å²) < 4.78 is 5.11. The Balaban J connectivity index is 1.68. The minimum atomic E-state index is 0.710. The number of aryl methyl sites for hydroxylation is 1. The number of rotatable bonds is 5. The van der Waals surface area contributed by atoms with E-state index < -0.39 is 0 Å². The zero-order chi connectivity index (χ0) is 12.1. The summed E-state index contributed by atoms with van der Waals surface area (Å²) in [5, 5.41) is 7.32. The molecule has 0 spiro atoms. The molecule has 1 aliphatic rings. The Labute approximate surface area is 103 Å². The zero-order valence-corrected chi connectivity index (χ0v) is 10.8. The van der Waals surface area contributed by atoms with Crippen molar-refractivity contribution in [1.29, 1.82) is 0 Å². The molecule has 0 atom stereocenters. The van der Waals surface area contributed by atoms with Gasteiger partial charge in [-0.1, -0.05) is 12.1 Å². The fraction of sp³-hybridized carbons (Fsp3) is 0.833. The first-order valence-electron chi connectivity index (χ1n) is 6.53. The Morgan fingerprint density at radius 1 is 1.41 bits per heavy atom. The van der Waals surface area contributed by atoms with Crippen LogP contribution in [0, 0.1) is 6.92 Å². The van der Waals surface area contributed by atoms with Crippen LogP contribution >= 0.6 is 0 Å². The Kier molecular flexibility index (Phi) is 4.50. The lowest BCUT2D eigenvalue weighted by molar-refractivity contribution is 0.195. The molecular weight excluding hydrogens is 216 g/mol. The predicted octanol–water partition coefficient (Wildman–Crippen LogP) is 0.994.